The first-order chi connectivity index (χ1) is 11.0. The molecule has 0 radical (unpaired) electrons. The summed E-state index contributed by atoms with van der Waals surface area (Å²) in [6.07, 6.45) is 0.221. The lowest BCUT2D eigenvalue weighted by atomic mass is 10.1. The smallest absolute Gasteiger partial charge is 0.255 e. The van der Waals surface area contributed by atoms with Gasteiger partial charge < -0.3 is 16.4 Å². The van der Waals surface area contributed by atoms with E-state index >= 15 is 0 Å². The topological polar surface area (TPSA) is 84.2 Å². The van der Waals surface area contributed by atoms with E-state index in [0.29, 0.717) is 22.0 Å². The average molecular weight is 332 g/mol. The number of carbonyl (C=O) groups excluding carboxylic acids is 2. The number of nitrogens with two attached hydrogens (primary N) is 1. The molecule has 0 atom stereocenters. The lowest BCUT2D eigenvalue weighted by Gasteiger charge is -2.13. The third-order valence-electron chi connectivity index (χ3n) is 3.18. The Morgan fingerprint density at radius 3 is 2.39 bits per heavy atom. The van der Waals surface area contributed by atoms with Crippen LogP contribution in [0, 0.1) is 6.92 Å². The van der Waals surface area contributed by atoms with Crippen LogP contribution in [0.5, 0.6) is 0 Å². The van der Waals surface area contributed by atoms with E-state index in [-0.39, 0.29) is 24.8 Å². The molecule has 0 unspecified atom stereocenters. The molecule has 0 saturated carbocycles. The summed E-state index contributed by atoms with van der Waals surface area (Å²) in [7, 11) is 0. The van der Waals surface area contributed by atoms with Gasteiger partial charge in [0.05, 0.1) is 11.4 Å². The molecule has 2 rings (SSSR count). The zero-order valence-electron chi connectivity index (χ0n) is 12.7. The fourth-order valence-electron chi connectivity index (χ4n) is 2.01. The highest BCUT2D eigenvalue weighted by Gasteiger charge is 2.11. The van der Waals surface area contributed by atoms with Crippen molar-refractivity contribution in [2.45, 2.75) is 13.3 Å². The molecule has 0 heterocycles. The summed E-state index contributed by atoms with van der Waals surface area (Å²) < 4.78 is 0. The number of anilines is 2. The second-order valence-corrected chi connectivity index (χ2v) is 5.53. The minimum Gasteiger partial charge on any atom is -0.330 e. The van der Waals surface area contributed by atoms with Crippen molar-refractivity contribution in [2.75, 3.05) is 17.2 Å². The number of amides is 2. The second kappa shape index (κ2) is 7.76. The van der Waals surface area contributed by atoms with E-state index in [9.17, 15) is 9.59 Å². The average Bonchev–Trinajstić information content (AvgIpc) is 2.50. The molecule has 0 aromatic heterocycles. The first kappa shape index (κ1) is 17.0. The molecular formula is C17H18ClN3O2. The maximum atomic E-state index is 12.3. The molecule has 23 heavy (non-hydrogen) atoms. The first-order valence-electron chi connectivity index (χ1n) is 7.17. The molecule has 0 aliphatic heterocycles. The highest BCUT2D eigenvalue weighted by molar-refractivity contribution is 6.30. The minimum absolute atomic E-state index is 0.194. The third-order valence-corrected chi connectivity index (χ3v) is 3.43. The quantitative estimate of drug-likeness (QED) is 0.786. The summed E-state index contributed by atoms with van der Waals surface area (Å²) in [6, 6.07) is 12.0. The SMILES string of the molecule is Cc1ccc(NC(=O)c2ccc(Cl)cc2)c(NC(=O)CCN)c1. The summed E-state index contributed by atoms with van der Waals surface area (Å²) >= 11 is 5.82. The van der Waals surface area contributed by atoms with Gasteiger partial charge in [0.25, 0.3) is 5.91 Å². The van der Waals surface area contributed by atoms with Gasteiger partial charge in [-0.25, -0.2) is 0 Å². The number of halogens is 1. The largest absolute Gasteiger partial charge is 0.330 e. The van der Waals surface area contributed by atoms with Crippen molar-refractivity contribution >= 4 is 34.8 Å². The van der Waals surface area contributed by atoms with Crippen LogP contribution < -0.4 is 16.4 Å². The molecule has 4 N–H and O–H groups in total. The number of aryl methyl sites for hydroxylation is 1. The van der Waals surface area contributed by atoms with Crippen molar-refractivity contribution in [3.63, 3.8) is 0 Å². The van der Waals surface area contributed by atoms with Gasteiger partial charge in [0, 0.05) is 23.6 Å². The Labute approximate surface area is 139 Å². The van der Waals surface area contributed by atoms with Crippen LogP contribution in [0.25, 0.3) is 0 Å². The Morgan fingerprint density at radius 1 is 1.04 bits per heavy atom. The Morgan fingerprint density at radius 2 is 1.74 bits per heavy atom. The van der Waals surface area contributed by atoms with Crippen LogP contribution in [0.15, 0.2) is 42.5 Å². The Kier molecular flexibility index (Phi) is 5.73. The maximum Gasteiger partial charge on any atom is 0.255 e. The zero-order chi connectivity index (χ0) is 16.8. The molecule has 2 aromatic rings. The number of hydrogen-bond acceptors (Lipinski definition) is 3. The molecule has 0 spiro atoms. The van der Waals surface area contributed by atoms with Crippen LogP contribution in [0.4, 0.5) is 11.4 Å². The van der Waals surface area contributed by atoms with E-state index in [0.717, 1.165) is 5.56 Å². The molecule has 2 amide bonds. The fourth-order valence-corrected chi connectivity index (χ4v) is 2.14. The summed E-state index contributed by atoms with van der Waals surface area (Å²) in [6.45, 7) is 2.17. The number of benzene rings is 2. The van der Waals surface area contributed by atoms with Gasteiger partial charge in [0.2, 0.25) is 5.91 Å². The number of carbonyl (C=O) groups is 2. The van der Waals surface area contributed by atoms with Crippen LogP contribution in [-0.4, -0.2) is 18.4 Å². The molecular weight excluding hydrogens is 314 g/mol. The van der Waals surface area contributed by atoms with Crippen LogP contribution in [0.3, 0.4) is 0 Å². The normalized spacial score (nSPS) is 10.2. The van der Waals surface area contributed by atoms with Crippen molar-refractivity contribution in [3.05, 3.63) is 58.6 Å². The maximum absolute atomic E-state index is 12.3. The number of hydrogen-bond donors (Lipinski definition) is 3. The van der Waals surface area contributed by atoms with Crippen LogP contribution >= 0.6 is 11.6 Å². The molecule has 6 heteroatoms. The van der Waals surface area contributed by atoms with Crippen LogP contribution in [-0.2, 0) is 4.79 Å². The molecule has 0 aliphatic rings. The van der Waals surface area contributed by atoms with Crippen LogP contribution in [0.1, 0.15) is 22.3 Å². The second-order valence-electron chi connectivity index (χ2n) is 5.10. The van der Waals surface area contributed by atoms with Gasteiger partial charge in [0.15, 0.2) is 0 Å². The Hall–Kier alpha value is -2.37. The standard InChI is InChI=1S/C17H18ClN3O2/c1-11-2-7-14(15(10-11)20-16(22)8-9-19)21-17(23)12-3-5-13(18)6-4-12/h2-7,10H,8-9,19H2,1H3,(H,20,22)(H,21,23). The molecule has 5 nitrogen and oxygen atoms in total. The monoisotopic (exact) mass is 331 g/mol. The van der Waals surface area contributed by atoms with Gasteiger partial charge >= 0.3 is 0 Å². The molecule has 0 saturated heterocycles. The molecule has 0 bridgehead atoms. The van der Waals surface area contributed by atoms with E-state index in [2.05, 4.69) is 10.6 Å². The number of rotatable bonds is 5. The molecule has 0 aliphatic carbocycles. The van der Waals surface area contributed by atoms with Gasteiger partial charge in [-0.2, -0.15) is 0 Å². The van der Waals surface area contributed by atoms with Crippen molar-refractivity contribution in [3.8, 4) is 0 Å². The first-order valence-corrected chi connectivity index (χ1v) is 7.55. The van der Waals surface area contributed by atoms with E-state index in [1.165, 1.54) is 0 Å². The fraction of sp³-hybridized carbons (Fsp3) is 0.176. The van der Waals surface area contributed by atoms with E-state index in [4.69, 9.17) is 17.3 Å². The van der Waals surface area contributed by atoms with Crippen molar-refractivity contribution in [2.24, 2.45) is 5.73 Å². The third kappa shape index (κ3) is 4.81. The Bertz CT molecular complexity index is 714. The van der Waals surface area contributed by atoms with Gasteiger partial charge in [-0.3, -0.25) is 9.59 Å². The van der Waals surface area contributed by atoms with E-state index in [1.807, 2.05) is 13.0 Å². The van der Waals surface area contributed by atoms with E-state index < -0.39 is 0 Å². The minimum atomic E-state index is -0.278. The molecule has 120 valence electrons. The Balaban J connectivity index is 2.19. The zero-order valence-corrected chi connectivity index (χ0v) is 13.5. The van der Waals surface area contributed by atoms with E-state index in [1.54, 1.807) is 36.4 Å². The van der Waals surface area contributed by atoms with Gasteiger partial charge in [-0.15, -0.1) is 0 Å². The van der Waals surface area contributed by atoms with Gasteiger partial charge in [0.1, 0.15) is 0 Å². The highest BCUT2D eigenvalue weighted by Crippen LogP contribution is 2.24. The van der Waals surface area contributed by atoms with Crippen molar-refractivity contribution in [1.29, 1.82) is 0 Å². The summed E-state index contributed by atoms with van der Waals surface area (Å²) in [5, 5.41) is 6.12. The summed E-state index contributed by atoms with van der Waals surface area (Å²) in [4.78, 5) is 24.0. The predicted octanol–water partition coefficient (Wildman–Crippen LogP) is 3.19. The number of nitrogens with one attached hydrogen (secondary N) is 2. The van der Waals surface area contributed by atoms with Gasteiger partial charge in [-0.1, -0.05) is 17.7 Å². The van der Waals surface area contributed by atoms with Crippen LogP contribution in [0.2, 0.25) is 5.02 Å². The predicted molar refractivity (Wildman–Crippen MR) is 92.9 cm³/mol. The molecule has 2 aromatic carbocycles. The summed E-state index contributed by atoms with van der Waals surface area (Å²) in [5.74, 6) is -0.472. The molecule has 0 fully saturated rings. The lowest BCUT2D eigenvalue weighted by Crippen LogP contribution is -2.19. The lowest BCUT2D eigenvalue weighted by molar-refractivity contribution is -0.116. The van der Waals surface area contributed by atoms with Crippen molar-refractivity contribution < 1.29 is 9.59 Å². The van der Waals surface area contributed by atoms with Crippen molar-refractivity contribution in [1.82, 2.24) is 0 Å². The van der Waals surface area contributed by atoms with Gasteiger partial charge in [-0.05, 0) is 48.9 Å². The summed E-state index contributed by atoms with van der Waals surface area (Å²) in [5.41, 5.74) is 7.90. The highest BCUT2D eigenvalue weighted by atomic mass is 35.5.